The van der Waals surface area contributed by atoms with Gasteiger partial charge in [0.15, 0.2) is 0 Å². The topological polar surface area (TPSA) is 3.24 Å². The van der Waals surface area contributed by atoms with Gasteiger partial charge in [0.2, 0.25) is 0 Å². The molecule has 0 spiro atoms. The molecule has 0 aliphatic carbocycles. The van der Waals surface area contributed by atoms with Crippen molar-refractivity contribution in [3.63, 3.8) is 0 Å². The number of hydrogen-bond donors (Lipinski definition) is 0. The van der Waals surface area contributed by atoms with Crippen LogP contribution in [-0.4, -0.2) is 32.7 Å². The minimum Gasteiger partial charge on any atom is -0.309 e. The summed E-state index contributed by atoms with van der Waals surface area (Å²) in [7, 11) is 1.55. The van der Waals surface area contributed by atoms with E-state index in [1.165, 1.54) is 18.8 Å². The molecule has 1 nitrogen and oxygen atoms in total. The third-order valence-corrected chi connectivity index (χ3v) is 4.84. The maximum atomic E-state index is 2.47. The van der Waals surface area contributed by atoms with Crippen LogP contribution in [0.3, 0.4) is 0 Å². The molecule has 1 aliphatic rings. The van der Waals surface area contributed by atoms with Crippen LogP contribution in [0, 0.1) is 0 Å². The Bertz CT molecular complexity index is 90.5. The Morgan fingerprint density at radius 3 is 2.12 bits per heavy atom. The van der Waals surface area contributed by atoms with E-state index in [1.54, 1.807) is 0 Å². The summed E-state index contributed by atoms with van der Waals surface area (Å²) in [4.78, 5) is 2.45. The van der Waals surface area contributed by atoms with Gasteiger partial charge in [0.25, 0.3) is 0 Å². The fourth-order valence-electron chi connectivity index (χ4n) is 1.38. The molecule has 8 heavy (non-hydrogen) atoms. The molecule has 0 unspecified atom stereocenters. The molecule has 1 rings (SSSR count). The molecule has 0 aromatic rings. The van der Waals surface area contributed by atoms with Gasteiger partial charge in [-0.2, -0.15) is 0 Å². The van der Waals surface area contributed by atoms with Crippen molar-refractivity contribution in [1.82, 2.24) is 4.90 Å². The zero-order chi connectivity index (χ0) is 6.20. The van der Waals surface area contributed by atoms with Gasteiger partial charge in [-0.1, -0.05) is 13.1 Å². The first-order valence-corrected chi connectivity index (χ1v) is 6.70. The van der Waals surface area contributed by atoms with Crippen LogP contribution >= 0.6 is 0 Å². The Morgan fingerprint density at radius 1 is 1.38 bits per heavy atom. The Kier molecular flexibility index (Phi) is 1.45. The average Bonchev–Trinajstić information content (AvgIpc) is 1.82. The van der Waals surface area contributed by atoms with Crippen LogP contribution in [0.15, 0.2) is 0 Å². The Balaban J connectivity index is 2.44. The third kappa shape index (κ3) is 1.33. The molecule has 0 saturated carbocycles. The van der Waals surface area contributed by atoms with E-state index in [0.29, 0.717) is 0 Å². The summed E-state index contributed by atoms with van der Waals surface area (Å²) in [6, 6.07) is 1.50. The van der Waals surface area contributed by atoms with Gasteiger partial charge in [0.05, 0.1) is 8.07 Å². The zero-order valence-corrected chi connectivity index (χ0v) is 7.07. The van der Waals surface area contributed by atoms with Gasteiger partial charge in [-0.25, -0.2) is 0 Å². The van der Waals surface area contributed by atoms with E-state index in [1.807, 2.05) is 0 Å². The van der Waals surface area contributed by atoms with E-state index in [4.69, 9.17) is 0 Å². The van der Waals surface area contributed by atoms with Crippen molar-refractivity contribution in [1.29, 1.82) is 0 Å². The highest BCUT2D eigenvalue weighted by Gasteiger charge is 2.28. The van der Waals surface area contributed by atoms with Crippen LogP contribution in [0.4, 0.5) is 0 Å². The first kappa shape index (κ1) is 6.30. The third-order valence-electron chi connectivity index (χ3n) is 1.87. The van der Waals surface area contributed by atoms with Crippen molar-refractivity contribution in [3.05, 3.63) is 0 Å². The molecular formula is C6H15NSi. The standard InChI is InChI=1S/C6H15NSi/c1-7-4-5-8(2,3)6-7/h4-6H2,1-3H3. The van der Waals surface area contributed by atoms with E-state index in [2.05, 4.69) is 25.0 Å². The maximum absolute atomic E-state index is 2.47. The summed E-state index contributed by atoms with van der Waals surface area (Å²) in [5, 5.41) is 0. The largest absolute Gasteiger partial charge is 0.309 e. The van der Waals surface area contributed by atoms with Crippen LogP contribution in [-0.2, 0) is 0 Å². The molecule has 2 heteroatoms. The zero-order valence-electron chi connectivity index (χ0n) is 6.07. The van der Waals surface area contributed by atoms with Crippen molar-refractivity contribution in [3.8, 4) is 0 Å². The second-order valence-corrected chi connectivity index (χ2v) is 8.80. The first-order chi connectivity index (χ1) is 3.60. The smallest absolute Gasteiger partial charge is 0.0642 e. The van der Waals surface area contributed by atoms with E-state index < -0.39 is 8.07 Å². The van der Waals surface area contributed by atoms with Crippen LogP contribution in [0.2, 0.25) is 19.1 Å². The molecular weight excluding hydrogens is 114 g/mol. The first-order valence-electron chi connectivity index (χ1n) is 3.29. The van der Waals surface area contributed by atoms with Gasteiger partial charge in [0.1, 0.15) is 0 Å². The van der Waals surface area contributed by atoms with Gasteiger partial charge in [-0.05, 0) is 25.8 Å². The van der Waals surface area contributed by atoms with Gasteiger partial charge >= 0.3 is 0 Å². The molecule has 0 atom stereocenters. The molecule has 0 radical (unpaired) electrons. The van der Waals surface area contributed by atoms with Crippen molar-refractivity contribution < 1.29 is 0 Å². The fourth-order valence-corrected chi connectivity index (χ4v) is 4.15. The number of hydrogen-bond acceptors (Lipinski definition) is 1. The predicted octanol–water partition coefficient (Wildman–Crippen LogP) is 1.18. The molecule has 1 saturated heterocycles. The predicted molar refractivity (Wildman–Crippen MR) is 39.8 cm³/mol. The Morgan fingerprint density at radius 2 is 2.00 bits per heavy atom. The molecule has 0 aromatic carbocycles. The van der Waals surface area contributed by atoms with Gasteiger partial charge in [-0.15, -0.1) is 0 Å². The van der Waals surface area contributed by atoms with Gasteiger partial charge in [0, 0.05) is 0 Å². The molecule has 0 N–H and O–H groups in total. The lowest BCUT2D eigenvalue weighted by Crippen LogP contribution is -2.29. The van der Waals surface area contributed by atoms with Crippen LogP contribution in [0.25, 0.3) is 0 Å². The molecule has 1 heterocycles. The van der Waals surface area contributed by atoms with Crippen molar-refractivity contribution in [2.75, 3.05) is 19.8 Å². The summed E-state index contributed by atoms with van der Waals surface area (Å²) in [5.41, 5.74) is 0. The highest BCUT2D eigenvalue weighted by Crippen LogP contribution is 2.17. The van der Waals surface area contributed by atoms with E-state index in [-0.39, 0.29) is 0 Å². The lowest BCUT2D eigenvalue weighted by atomic mass is 10.7. The van der Waals surface area contributed by atoms with Crippen molar-refractivity contribution >= 4 is 8.07 Å². The van der Waals surface area contributed by atoms with Crippen molar-refractivity contribution in [2.24, 2.45) is 0 Å². The van der Waals surface area contributed by atoms with Crippen LogP contribution in [0.5, 0.6) is 0 Å². The van der Waals surface area contributed by atoms with Gasteiger partial charge in [-0.3, -0.25) is 0 Å². The second-order valence-electron chi connectivity index (χ2n) is 3.65. The quantitative estimate of drug-likeness (QED) is 0.444. The fraction of sp³-hybridized carbons (Fsp3) is 1.00. The summed E-state index contributed by atoms with van der Waals surface area (Å²) in [6.07, 6.45) is 1.41. The number of rotatable bonds is 0. The molecule has 0 bridgehead atoms. The van der Waals surface area contributed by atoms with E-state index in [0.717, 1.165) is 0 Å². The molecule has 0 amide bonds. The van der Waals surface area contributed by atoms with Crippen LogP contribution in [0.1, 0.15) is 0 Å². The van der Waals surface area contributed by atoms with Gasteiger partial charge < -0.3 is 4.90 Å². The lowest BCUT2D eigenvalue weighted by Gasteiger charge is -2.12. The lowest BCUT2D eigenvalue weighted by molar-refractivity contribution is 0.434. The summed E-state index contributed by atoms with van der Waals surface area (Å²) in [5.74, 6) is 0. The van der Waals surface area contributed by atoms with Crippen LogP contribution < -0.4 is 0 Å². The molecule has 1 fully saturated rings. The molecule has 48 valence electrons. The SMILES string of the molecule is CN1CC[Si](C)(C)C1. The minimum atomic E-state index is -0.677. The monoisotopic (exact) mass is 129 g/mol. The summed E-state index contributed by atoms with van der Waals surface area (Å²) in [6.45, 7) is 6.28. The Hall–Kier alpha value is 0.177. The number of nitrogens with zero attached hydrogens (tertiary/aromatic N) is 1. The molecule has 1 aliphatic heterocycles. The minimum absolute atomic E-state index is 0.677. The summed E-state index contributed by atoms with van der Waals surface area (Å²) < 4.78 is 0. The highest BCUT2D eigenvalue weighted by atomic mass is 28.3. The second kappa shape index (κ2) is 1.85. The van der Waals surface area contributed by atoms with E-state index in [9.17, 15) is 0 Å². The normalized spacial score (nSPS) is 28.9. The average molecular weight is 129 g/mol. The Labute approximate surface area is 52.7 Å². The van der Waals surface area contributed by atoms with E-state index >= 15 is 0 Å². The van der Waals surface area contributed by atoms with Crippen molar-refractivity contribution in [2.45, 2.75) is 19.1 Å². The maximum Gasteiger partial charge on any atom is 0.0642 e. The summed E-state index contributed by atoms with van der Waals surface area (Å²) >= 11 is 0. The highest BCUT2D eigenvalue weighted by molar-refractivity contribution is 6.78. The molecule has 0 aromatic heterocycles.